The van der Waals surface area contributed by atoms with E-state index >= 15 is 0 Å². The fourth-order valence-electron chi connectivity index (χ4n) is 3.18. The predicted octanol–water partition coefficient (Wildman–Crippen LogP) is 0.463. The average Bonchev–Trinajstić information content (AvgIpc) is 3.11. The number of piperidine rings is 1. The maximum absolute atomic E-state index is 9.22. The van der Waals surface area contributed by atoms with Crippen LogP contribution in [0.5, 0.6) is 0 Å². The number of aryl methyl sites for hydroxylation is 1. The number of aliphatic hydroxyl groups excluding tert-OH is 1. The molecule has 1 saturated heterocycles. The zero-order valence-electron chi connectivity index (χ0n) is 13.3. The van der Waals surface area contributed by atoms with E-state index in [2.05, 4.69) is 24.6 Å². The molecule has 1 aliphatic rings. The van der Waals surface area contributed by atoms with E-state index in [1.54, 1.807) is 0 Å². The van der Waals surface area contributed by atoms with Crippen LogP contribution in [-0.2, 0) is 27.1 Å². The van der Waals surface area contributed by atoms with E-state index in [1.807, 2.05) is 31.1 Å². The first-order valence-corrected chi connectivity index (χ1v) is 7.86. The lowest BCUT2D eigenvalue weighted by atomic mass is 9.96. The number of rotatable bonds is 5. The zero-order chi connectivity index (χ0) is 15.5. The van der Waals surface area contributed by atoms with Crippen LogP contribution in [0.4, 0.5) is 0 Å². The van der Waals surface area contributed by atoms with Crippen molar-refractivity contribution in [3.8, 4) is 0 Å². The van der Waals surface area contributed by atoms with Gasteiger partial charge in [-0.25, -0.2) is 4.98 Å². The van der Waals surface area contributed by atoms with Crippen LogP contribution >= 0.6 is 0 Å². The Kier molecular flexibility index (Phi) is 4.54. The molecule has 0 aromatic carbocycles. The summed E-state index contributed by atoms with van der Waals surface area (Å²) < 4.78 is 4.02. The zero-order valence-corrected chi connectivity index (χ0v) is 13.3. The Hall–Kier alpha value is -1.73. The number of nitrogens with zero attached hydrogens (tertiary/aromatic N) is 6. The third-order valence-electron chi connectivity index (χ3n) is 4.67. The Bertz CT molecular complexity index is 611. The van der Waals surface area contributed by atoms with Crippen molar-refractivity contribution in [1.29, 1.82) is 0 Å². The molecule has 0 spiro atoms. The molecular weight excluding hydrogens is 280 g/mol. The summed E-state index contributed by atoms with van der Waals surface area (Å²) in [6.45, 7) is 3.16. The SMILES string of the molecule is Cn1ccnc1CCN1CCC(c2nnc(CO)n2C)CC1. The fourth-order valence-corrected chi connectivity index (χ4v) is 3.18. The highest BCUT2D eigenvalue weighted by molar-refractivity contribution is 5.03. The minimum atomic E-state index is -0.0496. The Morgan fingerprint density at radius 2 is 1.95 bits per heavy atom. The second-order valence-corrected chi connectivity index (χ2v) is 6.01. The first-order valence-electron chi connectivity index (χ1n) is 7.86. The van der Waals surface area contributed by atoms with Gasteiger partial charge >= 0.3 is 0 Å². The van der Waals surface area contributed by atoms with Gasteiger partial charge in [0.05, 0.1) is 0 Å². The van der Waals surface area contributed by atoms with Gasteiger partial charge in [0.25, 0.3) is 0 Å². The third-order valence-corrected chi connectivity index (χ3v) is 4.67. The van der Waals surface area contributed by atoms with Crippen LogP contribution in [0.2, 0.25) is 0 Å². The molecule has 0 unspecified atom stereocenters. The van der Waals surface area contributed by atoms with Crippen molar-refractivity contribution < 1.29 is 5.11 Å². The first-order chi connectivity index (χ1) is 10.7. The summed E-state index contributed by atoms with van der Waals surface area (Å²) in [6, 6.07) is 0. The molecule has 0 radical (unpaired) electrons. The van der Waals surface area contributed by atoms with Gasteiger partial charge in [-0.05, 0) is 25.9 Å². The smallest absolute Gasteiger partial charge is 0.158 e. The van der Waals surface area contributed by atoms with Gasteiger partial charge < -0.3 is 19.1 Å². The second-order valence-electron chi connectivity index (χ2n) is 6.01. The van der Waals surface area contributed by atoms with E-state index < -0.39 is 0 Å². The first kappa shape index (κ1) is 15.2. The molecule has 3 heterocycles. The molecule has 22 heavy (non-hydrogen) atoms. The maximum Gasteiger partial charge on any atom is 0.158 e. The summed E-state index contributed by atoms with van der Waals surface area (Å²) in [5.74, 6) is 3.24. The molecule has 0 amide bonds. The minimum absolute atomic E-state index is 0.0496. The molecule has 0 bridgehead atoms. The van der Waals surface area contributed by atoms with Gasteiger partial charge in [0.15, 0.2) is 5.82 Å². The molecule has 7 heteroatoms. The lowest BCUT2D eigenvalue weighted by Gasteiger charge is -2.31. The molecule has 3 rings (SSSR count). The van der Waals surface area contributed by atoms with Crippen LogP contribution in [0.3, 0.4) is 0 Å². The van der Waals surface area contributed by atoms with Crippen molar-refractivity contribution in [2.45, 2.75) is 31.8 Å². The van der Waals surface area contributed by atoms with Crippen LogP contribution in [-0.4, -0.2) is 54.0 Å². The molecule has 2 aromatic rings. The second kappa shape index (κ2) is 6.58. The van der Waals surface area contributed by atoms with E-state index in [-0.39, 0.29) is 6.61 Å². The standard InChI is InChI=1S/C15H24N6O/c1-19-10-6-16-13(19)5-9-21-7-3-12(4-8-21)15-18-17-14(11-22)20(15)2/h6,10,12,22H,3-5,7-9,11H2,1-2H3. The Balaban J connectivity index is 1.52. The summed E-state index contributed by atoms with van der Waals surface area (Å²) in [4.78, 5) is 6.87. The lowest BCUT2D eigenvalue weighted by molar-refractivity contribution is 0.208. The van der Waals surface area contributed by atoms with Gasteiger partial charge in [-0.3, -0.25) is 0 Å². The number of likely N-dealkylation sites (tertiary alicyclic amines) is 1. The van der Waals surface area contributed by atoms with Gasteiger partial charge in [-0.2, -0.15) is 0 Å². The van der Waals surface area contributed by atoms with Crippen LogP contribution in [0, 0.1) is 0 Å². The Morgan fingerprint density at radius 3 is 2.55 bits per heavy atom. The van der Waals surface area contributed by atoms with Crippen molar-refractivity contribution in [3.63, 3.8) is 0 Å². The van der Waals surface area contributed by atoms with Crippen LogP contribution in [0.15, 0.2) is 12.4 Å². The quantitative estimate of drug-likeness (QED) is 0.869. The molecule has 120 valence electrons. The molecule has 1 aliphatic heterocycles. The number of aliphatic hydroxyl groups is 1. The summed E-state index contributed by atoms with van der Waals surface area (Å²) in [5.41, 5.74) is 0. The Morgan fingerprint density at radius 1 is 1.18 bits per heavy atom. The van der Waals surface area contributed by atoms with Crippen molar-refractivity contribution >= 4 is 0 Å². The van der Waals surface area contributed by atoms with Gasteiger partial charge in [0.1, 0.15) is 18.3 Å². The predicted molar refractivity (Wildman–Crippen MR) is 82.3 cm³/mol. The lowest BCUT2D eigenvalue weighted by Crippen LogP contribution is -2.35. The summed E-state index contributed by atoms with van der Waals surface area (Å²) in [7, 11) is 3.98. The molecule has 0 saturated carbocycles. The molecule has 7 nitrogen and oxygen atoms in total. The number of hydrogen-bond donors (Lipinski definition) is 1. The van der Waals surface area contributed by atoms with E-state index in [1.165, 1.54) is 0 Å². The van der Waals surface area contributed by atoms with E-state index in [4.69, 9.17) is 0 Å². The molecule has 1 N–H and O–H groups in total. The number of imidazole rings is 1. The van der Waals surface area contributed by atoms with Gasteiger partial charge in [-0.1, -0.05) is 0 Å². The van der Waals surface area contributed by atoms with Crippen LogP contribution in [0.1, 0.15) is 36.2 Å². The molecular formula is C15H24N6O. The van der Waals surface area contributed by atoms with Gasteiger partial charge in [-0.15, -0.1) is 10.2 Å². The average molecular weight is 304 g/mol. The van der Waals surface area contributed by atoms with Crippen molar-refractivity contribution in [2.75, 3.05) is 19.6 Å². The highest BCUT2D eigenvalue weighted by Gasteiger charge is 2.25. The van der Waals surface area contributed by atoms with E-state index in [0.717, 1.165) is 50.5 Å². The minimum Gasteiger partial charge on any atom is -0.388 e. The molecule has 0 aliphatic carbocycles. The molecule has 2 aromatic heterocycles. The monoisotopic (exact) mass is 304 g/mol. The topological polar surface area (TPSA) is 72.0 Å². The summed E-state index contributed by atoms with van der Waals surface area (Å²) >= 11 is 0. The van der Waals surface area contributed by atoms with E-state index in [9.17, 15) is 5.11 Å². The fraction of sp³-hybridized carbons (Fsp3) is 0.667. The van der Waals surface area contributed by atoms with Gasteiger partial charge in [0, 0.05) is 45.4 Å². The summed E-state index contributed by atoms with van der Waals surface area (Å²) in [6.07, 6.45) is 7.03. The number of aromatic nitrogens is 5. The van der Waals surface area contributed by atoms with Crippen LogP contribution in [0.25, 0.3) is 0 Å². The highest BCUT2D eigenvalue weighted by Crippen LogP contribution is 2.26. The molecule has 1 fully saturated rings. The van der Waals surface area contributed by atoms with Gasteiger partial charge in [0.2, 0.25) is 0 Å². The Labute approximate surface area is 130 Å². The normalized spacial score (nSPS) is 17.2. The third kappa shape index (κ3) is 3.05. The maximum atomic E-state index is 9.22. The van der Waals surface area contributed by atoms with Crippen LogP contribution < -0.4 is 0 Å². The summed E-state index contributed by atoms with van der Waals surface area (Å²) in [5, 5.41) is 17.5. The largest absolute Gasteiger partial charge is 0.388 e. The highest BCUT2D eigenvalue weighted by atomic mass is 16.3. The van der Waals surface area contributed by atoms with Crippen molar-refractivity contribution in [2.24, 2.45) is 14.1 Å². The molecule has 0 atom stereocenters. The van der Waals surface area contributed by atoms with Crippen molar-refractivity contribution in [3.05, 3.63) is 29.9 Å². The van der Waals surface area contributed by atoms with E-state index in [0.29, 0.717) is 11.7 Å². The van der Waals surface area contributed by atoms with Crippen molar-refractivity contribution in [1.82, 2.24) is 29.2 Å². The number of hydrogen-bond acceptors (Lipinski definition) is 5.